The zero-order valence-corrected chi connectivity index (χ0v) is 13.9. The Morgan fingerprint density at radius 3 is 2.36 bits per heavy atom. The van der Waals surface area contributed by atoms with Gasteiger partial charge >= 0.3 is 0 Å². The molecule has 0 aliphatic rings. The zero-order valence-electron chi connectivity index (χ0n) is 13.0. The van der Waals surface area contributed by atoms with Gasteiger partial charge in [-0.25, -0.2) is 8.42 Å². The van der Waals surface area contributed by atoms with E-state index >= 15 is 0 Å². The van der Waals surface area contributed by atoms with Gasteiger partial charge < -0.3 is 14.8 Å². The van der Waals surface area contributed by atoms with Crippen LogP contribution in [0.2, 0.25) is 0 Å². The van der Waals surface area contributed by atoms with Crippen LogP contribution >= 0.6 is 0 Å². The van der Waals surface area contributed by atoms with Gasteiger partial charge in [-0.05, 0) is 17.7 Å². The van der Waals surface area contributed by atoms with Crippen molar-refractivity contribution in [3.63, 3.8) is 0 Å². The van der Waals surface area contributed by atoms with Crippen LogP contribution in [-0.2, 0) is 26.1 Å². The van der Waals surface area contributed by atoms with E-state index in [1.807, 2.05) is 0 Å². The van der Waals surface area contributed by atoms with Crippen molar-refractivity contribution in [2.45, 2.75) is 6.54 Å². The molecule has 0 bridgehead atoms. The minimum absolute atomic E-state index is 0.126. The normalized spacial score (nSPS) is 11.5. The first-order valence-electron chi connectivity index (χ1n) is 6.70. The Labute approximate surface area is 131 Å². The molecule has 0 aliphatic heterocycles. The second-order valence-corrected chi connectivity index (χ2v) is 6.70. The fraction of sp³-hybridized carbons (Fsp3) is 0.500. The van der Waals surface area contributed by atoms with Gasteiger partial charge in [-0.1, -0.05) is 12.1 Å². The second kappa shape index (κ2) is 8.72. The number of nitrogens with zero attached hydrogens (tertiary/aromatic N) is 1. The number of benzene rings is 1. The highest BCUT2D eigenvalue weighted by Crippen LogP contribution is 2.14. The highest BCUT2D eigenvalue weighted by Gasteiger charge is 2.20. The van der Waals surface area contributed by atoms with Gasteiger partial charge in [0.1, 0.15) is 5.75 Å². The van der Waals surface area contributed by atoms with E-state index in [0.29, 0.717) is 18.9 Å². The predicted octanol–water partition coefficient (Wildman–Crippen LogP) is 0.219. The Balaban J connectivity index is 2.70. The quantitative estimate of drug-likeness (QED) is 0.655. The molecule has 8 heteroatoms. The summed E-state index contributed by atoms with van der Waals surface area (Å²) in [4.78, 5) is 11.8. The van der Waals surface area contributed by atoms with Gasteiger partial charge in [-0.3, -0.25) is 4.79 Å². The van der Waals surface area contributed by atoms with Crippen LogP contribution < -0.4 is 10.1 Å². The van der Waals surface area contributed by atoms with Crippen molar-refractivity contribution >= 4 is 15.9 Å². The van der Waals surface area contributed by atoms with E-state index in [-0.39, 0.29) is 19.0 Å². The standard InChI is InChI=1S/C14H22N2O5S/c1-20-9-8-15-14(17)11-16(22(3,18)19)10-12-4-6-13(21-2)7-5-12/h4-7H,8-11H2,1-3H3,(H,15,17). The van der Waals surface area contributed by atoms with E-state index in [0.717, 1.165) is 16.1 Å². The van der Waals surface area contributed by atoms with Gasteiger partial charge in [-0.15, -0.1) is 0 Å². The predicted molar refractivity (Wildman–Crippen MR) is 83.1 cm³/mol. The smallest absolute Gasteiger partial charge is 0.235 e. The van der Waals surface area contributed by atoms with Crippen molar-refractivity contribution in [3.8, 4) is 5.75 Å². The van der Waals surface area contributed by atoms with Gasteiger partial charge in [0, 0.05) is 20.2 Å². The van der Waals surface area contributed by atoms with Crippen LogP contribution in [0.15, 0.2) is 24.3 Å². The minimum atomic E-state index is -3.49. The number of nitrogens with one attached hydrogen (secondary N) is 1. The molecule has 0 spiro atoms. The fourth-order valence-electron chi connectivity index (χ4n) is 1.73. The maximum atomic E-state index is 11.8. The Morgan fingerprint density at radius 2 is 1.86 bits per heavy atom. The molecule has 0 heterocycles. The number of hydrogen-bond acceptors (Lipinski definition) is 5. The Bertz CT molecular complexity index is 571. The van der Waals surface area contributed by atoms with Crippen LogP contribution in [0.1, 0.15) is 5.56 Å². The molecule has 124 valence electrons. The van der Waals surface area contributed by atoms with Crippen molar-refractivity contribution in [1.29, 1.82) is 0 Å². The largest absolute Gasteiger partial charge is 0.497 e. The van der Waals surface area contributed by atoms with Crippen LogP contribution in [-0.4, -0.2) is 58.8 Å². The SMILES string of the molecule is COCCNC(=O)CN(Cc1ccc(OC)cc1)S(C)(=O)=O. The lowest BCUT2D eigenvalue weighted by Crippen LogP contribution is -2.40. The van der Waals surface area contributed by atoms with E-state index in [2.05, 4.69) is 5.32 Å². The molecule has 0 fully saturated rings. The number of sulfonamides is 1. The molecule has 1 N–H and O–H groups in total. The van der Waals surface area contributed by atoms with Crippen molar-refractivity contribution in [1.82, 2.24) is 9.62 Å². The van der Waals surface area contributed by atoms with Crippen molar-refractivity contribution < 1.29 is 22.7 Å². The lowest BCUT2D eigenvalue weighted by molar-refractivity contribution is -0.121. The number of ether oxygens (including phenoxy) is 2. The van der Waals surface area contributed by atoms with E-state index in [4.69, 9.17) is 9.47 Å². The van der Waals surface area contributed by atoms with Gasteiger partial charge in [-0.2, -0.15) is 4.31 Å². The molecule has 22 heavy (non-hydrogen) atoms. The molecule has 0 saturated carbocycles. The summed E-state index contributed by atoms with van der Waals surface area (Å²) in [5.74, 6) is 0.322. The summed E-state index contributed by atoms with van der Waals surface area (Å²) >= 11 is 0. The number of methoxy groups -OCH3 is 2. The summed E-state index contributed by atoms with van der Waals surface area (Å²) in [5, 5.41) is 2.60. The second-order valence-electron chi connectivity index (χ2n) is 4.72. The molecule has 0 aliphatic carbocycles. The van der Waals surface area contributed by atoms with Crippen LogP contribution in [0.3, 0.4) is 0 Å². The van der Waals surface area contributed by atoms with Crippen LogP contribution in [0, 0.1) is 0 Å². The van der Waals surface area contributed by atoms with Crippen LogP contribution in [0.5, 0.6) is 5.75 Å². The molecule has 0 unspecified atom stereocenters. The Kier molecular flexibility index (Phi) is 7.30. The lowest BCUT2D eigenvalue weighted by atomic mass is 10.2. The molecule has 1 rings (SSSR count). The summed E-state index contributed by atoms with van der Waals surface area (Å²) in [5.41, 5.74) is 0.774. The maximum absolute atomic E-state index is 11.8. The topological polar surface area (TPSA) is 84.9 Å². The Morgan fingerprint density at radius 1 is 1.23 bits per heavy atom. The number of rotatable bonds is 9. The first-order valence-corrected chi connectivity index (χ1v) is 8.55. The van der Waals surface area contributed by atoms with Crippen molar-refractivity contribution in [2.75, 3.05) is 40.2 Å². The average molecular weight is 330 g/mol. The average Bonchev–Trinajstić information content (AvgIpc) is 2.46. The third-order valence-electron chi connectivity index (χ3n) is 2.94. The summed E-state index contributed by atoms with van der Waals surface area (Å²) < 4.78 is 34.6. The van der Waals surface area contributed by atoms with Gasteiger partial charge in [0.05, 0.1) is 26.5 Å². The first kappa shape index (κ1) is 18.4. The summed E-state index contributed by atoms with van der Waals surface area (Å²) in [6, 6.07) is 7.02. The molecule has 0 aromatic heterocycles. The molecule has 0 radical (unpaired) electrons. The van der Waals surface area contributed by atoms with E-state index in [1.54, 1.807) is 31.4 Å². The maximum Gasteiger partial charge on any atom is 0.235 e. The molecule has 7 nitrogen and oxygen atoms in total. The van der Waals surface area contributed by atoms with E-state index < -0.39 is 10.0 Å². The first-order chi connectivity index (χ1) is 10.4. The molecule has 1 aromatic carbocycles. The molecule has 1 aromatic rings. The third kappa shape index (κ3) is 6.42. The lowest BCUT2D eigenvalue weighted by Gasteiger charge is -2.19. The van der Waals surface area contributed by atoms with Crippen LogP contribution in [0.4, 0.5) is 0 Å². The minimum Gasteiger partial charge on any atom is -0.497 e. The van der Waals surface area contributed by atoms with Crippen molar-refractivity contribution in [3.05, 3.63) is 29.8 Å². The third-order valence-corrected chi connectivity index (χ3v) is 4.13. The van der Waals surface area contributed by atoms with Gasteiger partial charge in [0.2, 0.25) is 15.9 Å². The summed E-state index contributed by atoms with van der Waals surface area (Å²) in [6.45, 7) is 0.619. The number of carbonyl (C=O) groups is 1. The molecule has 1 amide bonds. The molecular weight excluding hydrogens is 308 g/mol. The molecule has 0 atom stereocenters. The van der Waals surface area contributed by atoms with Gasteiger partial charge in [0.25, 0.3) is 0 Å². The number of amides is 1. The van der Waals surface area contributed by atoms with E-state index in [9.17, 15) is 13.2 Å². The highest BCUT2D eigenvalue weighted by molar-refractivity contribution is 7.88. The Hall–Kier alpha value is -1.64. The highest BCUT2D eigenvalue weighted by atomic mass is 32.2. The van der Waals surface area contributed by atoms with Crippen molar-refractivity contribution in [2.24, 2.45) is 0 Å². The monoisotopic (exact) mass is 330 g/mol. The molecular formula is C14H22N2O5S. The van der Waals surface area contributed by atoms with Gasteiger partial charge in [0.15, 0.2) is 0 Å². The molecule has 0 saturated heterocycles. The zero-order chi connectivity index (χ0) is 16.6. The summed E-state index contributed by atoms with van der Waals surface area (Å²) in [7, 11) is -0.410. The number of hydrogen-bond donors (Lipinski definition) is 1. The summed E-state index contributed by atoms with van der Waals surface area (Å²) in [6.07, 6.45) is 1.08. The number of carbonyl (C=O) groups excluding carboxylic acids is 1. The van der Waals surface area contributed by atoms with Crippen LogP contribution in [0.25, 0.3) is 0 Å². The van der Waals surface area contributed by atoms with E-state index in [1.165, 1.54) is 7.11 Å². The fourth-order valence-corrected chi connectivity index (χ4v) is 2.47.